The van der Waals surface area contributed by atoms with Gasteiger partial charge in [-0.2, -0.15) is 0 Å². The summed E-state index contributed by atoms with van der Waals surface area (Å²) in [6.45, 7) is 6.68. The topological polar surface area (TPSA) is 41.6 Å². The van der Waals surface area contributed by atoms with Crippen molar-refractivity contribution in [3.05, 3.63) is 0 Å². The van der Waals surface area contributed by atoms with Gasteiger partial charge in [0.15, 0.2) is 0 Å². The zero-order valence-electron chi connectivity index (χ0n) is 11.4. The molecule has 0 aromatic rings. The molecule has 0 saturated carbocycles. The lowest BCUT2D eigenvalue weighted by Crippen LogP contribution is -2.45. The van der Waals surface area contributed by atoms with Gasteiger partial charge >= 0.3 is 5.97 Å². The van der Waals surface area contributed by atoms with E-state index >= 15 is 0 Å². The normalized spacial score (nSPS) is 25.8. The number of nitrogens with zero attached hydrogens (tertiary/aromatic N) is 1. The molecule has 1 fully saturated rings. The molecular formula is C13H26N2O2. The first-order chi connectivity index (χ1) is 8.13. The number of likely N-dealkylation sites (tertiary alicyclic amines) is 1. The number of hydrogen-bond acceptors (Lipinski definition) is 4. The van der Waals surface area contributed by atoms with E-state index in [1.54, 1.807) is 0 Å². The van der Waals surface area contributed by atoms with Crippen LogP contribution in [0.5, 0.6) is 0 Å². The van der Waals surface area contributed by atoms with Gasteiger partial charge in [0.1, 0.15) is 0 Å². The minimum absolute atomic E-state index is 0.0777. The summed E-state index contributed by atoms with van der Waals surface area (Å²) in [5.41, 5.74) is 0. The number of piperidine rings is 1. The van der Waals surface area contributed by atoms with Gasteiger partial charge in [0, 0.05) is 18.5 Å². The van der Waals surface area contributed by atoms with Crippen molar-refractivity contribution in [2.75, 3.05) is 26.7 Å². The fraction of sp³-hybridized carbons (Fsp3) is 0.923. The Morgan fingerprint density at radius 1 is 1.53 bits per heavy atom. The second-order valence-corrected chi connectivity index (χ2v) is 4.91. The summed E-state index contributed by atoms with van der Waals surface area (Å²) in [7, 11) is 2.18. The van der Waals surface area contributed by atoms with E-state index in [0.29, 0.717) is 25.1 Å². The average molecular weight is 242 g/mol. The minimum atomic E-state index is -0.0777. The van der Waals surface area contributed by atoms with Gasteiger partial charge in [-0.15, -0.1) is 0 Å². The first-order valence-electron chi connectivity index (χ1n) is 6.72. The predicted molar refractivity (Wildman–Crippen MR) is 69.0 cm³/mol. The summed E-state index contributed by atoms with van der Waals surface area (Å²) < 4.78 is 4.89. The molecule has 0 radical (unpaired) electrons. The Kier molecular flexibility index (Phi) is 6.52. The number of esters is 1. The fourth-order valence-electron chi connectivity index (χ4n) is 2.25. The Morgan fingerprint density at radius 3 is 2.94 bits per heavy atom. The molecule has 0 aromatic carbocycles. The highest BCUT2D eigenvalue weighted by Gasteiger charge is 2.21. The molecule has 1 saturated heterocycles. The van der Waals surface area contributed by atoms with Crippen molar-refractivity contribution in [1.29, 1.82) is 0 Å². The standard InChI is InChI=1S/C13H26N2O2/c1-4-17-13(16)6-5-8-14-12-7-9-15(3)11(2)10-12/h11-12,14H,4-10H2,1-3H3. The SMILES string of the molecule is CCOC(=O)CCCNC1CCN(C)C(C)C1. The van der Waals surface area contributed by atoms with Gasteiger partial charge in [-0.3, -0.25) is 4.79 Å². The van der Waals surface area contributed by atoms with E-state index in [1.807, 2.05) is 6.92 Å². The summed E-state index contributed by atoms with van der Waals surface area (Å²) in [5, 5.41) is 3.54. The molecule has 2 atom stereocenters. The lowest BCUT2D eigenvalue weighted by Gasteiger charge is -2.35. The first kappa shape index (κ1) is 14.5. The lowest BCUT2D eigenvalue weighted by atomic mass is 9.99. The Labute approximate surface area is 105 Å². The van der Waals surface area contributed by atoms with Crippen molar-refractivity contribution in [2.24, 2.45) is 0 Å². The van der Waals surface area contributed by atoms with Crippen LogP contribution in [0.3, 0.4) is 0 Å². The summed E-state index contributed by atoms with van der Waals surface area (Å²) in [5.74, 6) is -0.0777. The highest BCUT2D eigenvalue weighted by molar-refractivity contribution is 5.69. The van der Waals surface area contributed by atoms with Crippen molar-refractivity contribution in [3.63, 3.8) is 0 Å². The third kappa shape index (κ3) is 5.50. The molecule has 4 nitrogen and oxygen atoms in total. The van der Waals surface area contributed by atoms with Gasteiger partial charge in [0.25, 0.3) is 0 Å². The highest BCUT2D eigenvalue weighted by atomic mass is 16.5. The minimum Gasteiger partial charge on any atom is -0.466 e. The fourth-order valence-corrected chi connectivity index (χ4v) is 2.25. The van der Waals surface area contributed by atoms with Crippen LogP contribution in [0.2, 0.25) is 0 Å². The molecule has 1 aliphatic rings. The maximum Gasteiger partial charge on any atom is 0.305 e. The zero-order valence-corrected chi connectivity index (χ0v) is 11.4. The van der Waals surface area contributed by atoms with E-state index in [1.165, 1.54) is 12.8 Å². The second-order valence-electron chi connectivity index (χ2n) is 4.91. The first-order valence-corrected chi connectivity index (χ1v) is 6.72. The number of carbonyl (C=O) groups is 1. The Balaban J connectivity index is 2.05. The van der Waals surface area contributed by atoms with Crippen molar-refractivity contribution < 1.29 is 9.53 Å². The van der Waals surface area contributed by atoms with E-state index in [0.717, 1.165) is 19.5 Å². The molecular weight excluding hydrogens is 216 g/mol. The van der Waals surface area contributed by atoms with Crippen LogP contribution >= 0.6 is 0 Å². The van der Waals surface area contributed by atoms with Crippen molar-refractivity contribution >= 4 is 5.97 Å². The van der Waals surface area contributed by atoms with Crippen LogP contribution in [0.4, 0.5) is 0 Å². The van der Waals surface area contributed by atoms with E-state index < -0.39 is 0 Å². The molecule has 1 N–H and O–H groups in total. The number of rotatable bonds is 6. The summed E-state index contributed by atoms with van der Waals surface area (Å²) in [4.78, 5) is 13.5. The molecule has 0 amide bonds. The number of ether oxygens (including phenoxy) is 1. The summed E-state index contributed by atoms with van der Waals surface area (Å²) in [6.07, 6.45) is 3.82. The van der Waals surface area contributed by atoms with Gasteiger partial charge in [0.05, 0.1) is 6.61 Å². The Morgan fingerprint density at radius 2 is 2.29 bits per heavy atom. The highest BCUT2D eigenvalue weighted by Crippen LogP contribution is 2.15. The van der Waals surface area contributed by atoms with Crippen LogP contribution in [0.15, 0.2) is 0 Å². The molecule has 0 aromatic heterocycles. The molecule has 100 valence electrons. The molecule has 0 spiro atoms. The van der Waals surface area contributed by atoms with Crippen molar-refractivity contribution in [3.8, 4) is 0 Å². The molecule has 0 aliphatic carbocycles. The molecule has 2 unspecified atom stereocenters. The molecule has 1 heterocycles. The smallest absolute Gasteiger partial charge is 0.305 e. The van der Waals surface area contributed by atoms with Gasteiger partial charge in [-0.25, -0.2) is 0 Å². The maximum atomic E-state index is 11.1. The van der Waals surface area contributed by atoms with Gasteiger partial charge < -0.3 is 15.0 Å². The largest absolute Gasteiger partial charge is 0.466 e. The van der Waals surface area contributed by atoms with E-state index in [9.17, 15) is 4.79 Å². The van der Waals surface area contributed by atoms with E-state index in [-0.39, 0.29) is 5.97 Å². The molecule has 0 bridgehead atoms. The van der Waals surface area contributed by atoms with Crippen LogP contribution in [0, 0.1) is 0 Å². The molecule has 4 heteroatoms. The van der Waals surface area contributed by atoms with Crippen molar-refractivity contribution in [2.45, 2.75) is 51.6 Å². The second kappa shape index (κ2) is 7.67. The number of carbonyl (C=O) groups excluding carboxylic acids is 1. The molecule has 1 aliphatic heterocycles. The quantitative estimate of drug-likeness (QED) is 0.565. The third-order valence-electron chi connectivity index (χ3n) is 3.50. The van der Waals surface area contributed by atoms with Crippen LogP contribution in [-0.4, -0.2) is 49.7 Å². The van der Waals surface area contributed by atoms with E-state index in [2.05, 4.69) is 24.2 Å². The zero-order chi connectivity index (χ0) is 12.7. The van der Waals surface area contributed by atoms with Crippen LogP contribution in [0.1, 0.15) is 39.5 Å². The van der Waals surface area contributed by atoms with Gasteiger partial charge in [-0.05, 0) is 53.2 Å². The number of nitrogens with one attached hydrogen (secondary N) is 1. The summed E-state index contributed by atoms with van der Waals surface area (Å²) >= 11 is 0. The van der Waals surface area contributed by atoms with Gasteiger partial charge in [-0.1, -0.05) is 0 Å². The Hall–Kier alpha value is -0.610. The Bertz CT molecular complexity index is 233. The molecule has 1 rings (SSSR count). The van der Waals surface area contributed by atoms with Crippen LogP contribution < -0.4 is 5.32 Å². The van der Waals surface area contributed by atoms with Crippen LogP contribution in [0.25, 0.3) is 0 Å². The van der Waals surface area contributed by atoms with Crippen molar-refractivity contribution in [1.82, 2.24) is 10.2 Å². The lowest BCUT2D eigenvalue weighted by molar-refractivity contribution is -0.143. The van der Waals surface area contributed by atoms with Crippen LogP contribution in [-0.2, 0) is 9.53 Å². The predicted octanol–water partition coefficient (Wildman–Crippen LogP) is 1.40. The number of hydrogen-bond donors (Lipinski definition) is 1. The average Bonchev–Trinajstić information content (AvgIpc) is 2.29. The molecule has 17 heavy (non-hydrogen) atoms. The van der Waals surface area contributed by atoms with Gasteiger partial charge in [0.2, 0.25) is 0 Å². The van der Waals surface area contributed by atoms with E-state index in [4.69, 9.17) is 4.74 Å². The third-order valence-corrected chi connectivity index (χ3v) is 3.50. The summed E-state index contributed by atoms with van der Waals surface area (Å²) in [6, 6.07) is 1.27. The maximum absolute atomic E-state index is 11.1. The monoisotopic (exact) mass is 242 g/mol.